The molecule has 0 spiro atoms. The summed E-state index contributed by atoms with van der Waals surface area (Å²) in [5.41, 5.74) is -4.18. The molecule has 0 radical (unpaired) electrons. The van der Waals surface area contributed by atoms with Crippen molar-refractivity contribution in [3.8, 4) is 17.5 Å². The normalized spacial score (nSPS) is 12.7. The minimum Gasteiger partial charge on any atom is -0.744 e. The summed E-state index contributed by atoms with van der Waals surface area (Å²) in [6.45, 7) is -0.783. The Hall–Kier alpha value is -4.07. The Labute approximate surface area is 182 Å². The third kappa shape index (κ3) is 3.26. The Bertz CT molecular complexity index is 1850. The van der Waals surface area contributed by atoms with Crippen LogP contribution >= 0.6 is 0 Å². The molecule has 1 aromatic heterocycles. The summed E-state index contributed by atoms with van der Waals surface area (Å²) in [4.78, 5) is 41.2. The van der Waals surface area contributed by atoms with Gasteiger partial charge in [-0.05, 0) is 0 Å². The van der Waals surface area contributed by atoms with Gasteiger partial charge in [0.15, 0.2) is 16.7 Å². The molecule has 4 rings (SSSR count). The zero-order chi connectivity index (χ0) is 24.2. The second-order valence-electron chi connectivity index (χ2n) is 6.96. The lowest BCUT2D eigenvalue weighted by atomic mass is 10.0. The van der Waals surface area contributed by atoms with Crippen LogP contribution < -0.4 is 21.6 Å². The van der Waals surface area contributed by atoms with Crippen LogP contribution in [0.4, 0.5) is 5.69 Å². The van der Waals surface area contributed by atoms with Gasteiger partial charge in [-0.25, -0.2) is 13.4 Å². The lowest BCUT2D eigenvalue weighted by molar-refractivity contribution is 0.256. The molecule has 1 heterocycles. The Morgan fingerprint density at radius 1 is 0.939 bits per heavy atom. The van der Waals surface area contributed by atoms with Gasteiger partial charge >= 0.3 is 0 Å². The number of fused-ring (bicyclic) bond motifs is 1. The van der Waals surface area contributed by atoms with Crippen molar-refractivity contribution < 1.29 is 33.4 Å². The van der Waals surface area contributed by atoms with Gasteiger partial charge in [0.1, 0.15) is 31.8 Å². The summed E-state index contributed by atoms with van der Waals surface area (Å²) in [5.74, 6) is -2.82. The minimum atomic E-state index is -5.64. The van der Waals surface area contributed by atoms with E-state index in [0.717, 1.165) is 10.6 Å². The lowest BCUT2D eigenvalue weighted by Crippen LogP contribution is -2.36. The van der Waals surface area contributed by atoms with Crippen LogP contribution in [-0.2, 0) is 16.7 Å². The number of aromatic nitrogens is 1. The smallest absolute Gasteiger partial charge is 0.226 e. The van der Waals surface area contributed by atoms with Crippen molar-refractivity contribution in [3.05, 3.63) is 76.8 Å². The van der Waals surface area contributed by atoms with Gasteiger partial charge in [0.25, 0.3) is 0 Å². The molecule has 2 aliphatic rings. The van der Waals surface area contributed by atoms with Gasteiger partial charge in [-0.1, -0.05) is 24.3 Å². The Balaban J connectivity index is 2.39. The molecule has 12 nitrogen and oxygen atoms in total. The first-order valence-electron chi connectivity index (χ1n) is 9.17. The monoisotopic (exact) mass is 473 g/mol. The van der Waals surface area contributed by atoms with Crippen molar-refractivity contribution >= 4 is 26.6 Å². The number of hydrogen-bond donors (Lipinski definition) is 4. The highest BCUT2D eigenvalue weighted by Crippen LogP contribution is 2.34. The minimum absolute atomic E-state index is 0.159. The van der Waals surface area contributed by atoms with Crippen molar-refractivity contribution in [2.24, 2.45) is 4.99 Å². The Morgan fingerprint density at radius 3 is 2.06 bits per heavy atom. The molecular formula is C20H13N2O10S-. The summed E-state index contributed by atoms with van der Waals surface area (Å²) in [5, 5.41) is 36.6. The maximum absolute atomic E-state index is 13.1. The fraction of sp³-hybridized carbons (Fsp3) is 0.100. The molecule has 2 aromatic rings. The van der Waals surface area contributed by atoms with Gasteiger partial charge < -0.3 is 25.0 Å². The van der Waals surface area contributed by atoms with E-state index < -0.39 is 76.9 Å². The van der Waals surface area contributed by atoms with E-state index in [1.807, 2.05) is 0 Å². The molecule has 0 bridgehead atoms. The molecule has 0 saturated heterocycles. The highest BCUT2D eigenvalue weighted by molar-refractivity contribution is 7.85. The topological polar surface area (TPSA) is 207 Å². The highest BCUT2D eigenvalue weighted by Gasteiger charge is 2.24. The van der Waals surface area contributed by atoms with Gasteiger partial charge in [0.2, 0.25) is 11.3 Å². The number of aromatic hydroxyl groups is 3. The molecule has 0 fully saturated rings. The Morgan fingerprint density at radius 2 is 1.52 bits per heavy atom. The van der Waals surface area contributed by atoms with Crippen LogP contribution in [-0.4, -0.2) is 44.6 Å². The maximum atomic E-state index is 13.1. The predicted octanol–water partition coefficient (Wildman–Crippen LogP) is -1.43. The van der Waals surface area contributed by atoms with E-state index >= 15 is 0 Å². The average Bonchev–Trinajstić information content (AvgIpc) is 3.00. The third-order valence-electron chi connectivity index (χ3n) is 5.06. The van der Waals surface area contributed by atoms with Crippen LogP contribution in [0.25, 0.3) is 10.8 Å². The van der Waals surface area contributed by atoms with E-state index in [4.69, 9.17) is 5.11 Å². The van der Waals surface area contributed by atoms with Crippen LogP contribution in [0.3, 0.4) is 0 Å². The molecule has 13 heteroatoms. The van der Waals surface area contributed by atoms with Crippen molar-refractivity contribution in [3.63, 3.8) is 0 Å². The summed E-state index contributed by atoms with van der Waals surface area (Å²) in [6, 6.07) is 6.19. The number of nitrogens with zero attached hydrogens (tertiary/aromatic N) is 2. The molecule has 0 atom stereocenters. The Kier molecular flexibility index (Phi) is 5.04. The number of rotatable bonds is 4. The summed E-state index contributed by atoms with van der Waals surface area (Å²) >= 11 is 0. The van der Waals surface area contributed by atoms with E-state index in [2.05, 4.69) is 4.99 Å². The first-order chi connectivity index (χ1) is 15.5. The maximum Gasteiger partial charge on any atom is 0.226 e. The average molecular weight is 473 g/mol. The van der Waals surface area contributed by atoms with Gasteiger partial charge in [0, 0.05) is 16.8 Å². The third-order valence-corrected chi connectivity index (χ3v) is 5.94. The van der Waals surface area contributed by atoms with Crippen LogP contribution in [0.15, 0.2) is 54.6 Å². The van der Waals surface area contributed by atoms with Gasteiger partial charge in [-0.2, -0.15) is 0 Å². The first-order valence-corrected chi connectivity index (χ1v) is 10.6. The second-order valence-corrected chi connectivity index (χ2v) is 8.28. The van der Waals surface area contributed by atoms with Crippen LogP contribution in [0.2, 0.25) is 0 Å². The largest absolute Gasteiger partial charge is 0.744 e. The first kappa shape index (κ1) is 22.1. The number of aliphatic hydroxyl groups excluding tert-OH is 1. The SMILES string of the molecule is O=c1c(S(=O)(=O)[O-])c(O)c2c(=O)c3ccccc3c(=O)c=2c1=Nc1cc(O)n(CCO)c1O. The number of benzene rings is 1. The molecule has 0 saturated carbocycles. The van der Waals surface area contributed by atoms with Crippen molar-refractivity contribution in [1.82, 2.24) is 4.57 Å². The molecule has 4 N–H and O–H groups in total. The lowest BCUT2D eigenvalue weighted by Gasteiger charge is -2.09. The van der Waals surface area contributed by atoms with Crippen molar-refractivity contribution in [1.29, 1.82) is 0 Å². The van der Waals surface area contributed by atoms with Gasteiger partial charge in [-0.3, -0.25) is 19.0 Å². The van der Waals surface area contributed by atoms with Gasteiger partial charge in [-0.15, -0.1) is 0 Å². The molecule has 0 unspecified atom stereocenters. The molecule has 0 amide bonds. The molecule has 170 valence electrons. The molecule has 0 aliphatic heterocycles. The summed E-state index contributed by atoms with van der Waals surface area (Å²) < 4.78 is 36.0. The van der Waals surface area contributed by atoms with Crippen molar-refractivity contribution in [2.45, 2.75) is 11.4 Å². The predicted molar refractivity (Wildman–Crippen MR) is 110 cm³/mol. The summed E-state index contributed by atoms with van der Waals surface area (Å²) in [6.07, 6.45) is 0. The van der Waals surface area contributed by atoms with E-state index in [0.29, 0.717) is 0 Å². The molecule has 1 aromatic carbocycles. The summed E-state index contributed by atoms with van der Waals surface area (Å²) in [7, 11) is -5.64. The zero-order valence-corrected chi connectivity index (χ0v) is 17.2. The van der Waals surface area contributed by atoms with E-state index in [1.165, 1.54) is 24.3 Å². The van der Waals surface area contributed by atoms with E-state index in [-0.39, 0.29) is 17.3 Å². The molecule has 33 heavy (non-hydrogen) atoms. The quantitative estimate of drug-likeness (QED) is 0.254. The number of aliphatic hydroxyl groups is 1. The molecular weight excluding hydrogens is 460 g/mol. The molecule has 2 aliphatic carbocycles. The second kappa shape index (κ2) is 7.51. The van der Waals surface area contributed by atoms with Crippen LogP contribution in [0.1, 0.15) is 0 Å². The highest BCUT2D eigenvalue weighted by atomic mass is 32.2. The van der Waals surface area contributed by atoms with Crippen LogP contribution in [0.5, 0.6) is 17.5 Å². The van der Waals surface area contributed by atoms with Gasteiger partial charge in [0.05, 0.1) is 23.6 Å². The fourth-order valence-electron chi connectivity index (χ4n) is 3.64. The number of hydrogen-bond acceptors (Lipinski definition) is 11. The van der Waals surface area contributed by atoms with Crippen molar-refractivity contribution in [2.75, 3.05) is 6.61 Å². The van der Waals surface area contributed by atoms with E-state index in [9.17, 15) is 42.7 Å². The zero-order valence-electron chi connectivity index (χ0n) is 16.3. The van der Waals surface area contributed by atoms with Crippen LogP contribution in [0, 0.1) is 10.4 Å². The van der Waals surface area contributed by atoms with E-state index in [1.54, 1.807) is 0 Å². The standard InChI is InChI=1S/C20H14N2O10S/c23-6-5-22-11(24)7-10(20(22)29)21-14-12-13(17(27)19(18(14)28)33(30,31)32)16(26)9-4-2-1-3-8(9)15(12)25/h1-4,7,23-24,27,29H,5-6H2,(H,30,31,32)/p-1. The fourth-order valence-corrected chi connectivity index (χ4v) is 4.31.